The highest BCUT2D eigenvalue weighted by Crippen LogP contribution is 1.97. The second kappa shape index (κ2) is 7.84. The van der Waals surface area contributed by atoms with Crippen molar-refractivity contribution in [1.82, 2.24) is 10.2 Å². The van der Waals surface area contributed by atoms with Crippen molar-refractivity contribution >= 4 is 17.7 Å². The van der Waals surface area contributed by atoms with Gasteiger partial charge < -0.3 is 5.32 Å². The summed E-state index contributed by atoms with van der Waals surface area (Å²) < 4.78 is 0. The van der Waals surface area contributed by atoms with Gasteiger partial charge in [0.25, 0.3) is 0 Å². The monoisotopic (exact) mass is 228 g/mol. The second-order valence-electron chi connectivity index (χ2n) is 3.35. The minimum atomic E-state index is -0.197. The maximum atomic E-state index is 11.4. The summed E-state index contributed by atoms with van der Waals surface area (Å²) >= 11 is 0. The van der Waals surface area contributed by atoms with Crippen molar-refractivity contribution in [1.29, 1.82) is 0 Å². The van der Waals surface area contributed by atoms with Crippen molar-refractivity contribution in [3.63, 3.8) is 0 Å². The lowest BCUT2D eigenvalue weighted by atomic mass is 10.3. The van der Waals surface area contributed by atoms with E-state index in [1.165, 1.54) is 4.90 Å². The number of rotatable bonds is 6. The van der Waals surface area contributed by atoms with Gasteiger partial charge >= 0.3 is 0 Å². The lowest BCUT2D eigenvalue weighted by Crippen LogP contribution is -2.41. The van der Waals surface area contributed by atoms with Crippen molar-refractivity contribution in [3.05, 3.63) is 0 Å². The van der Waals surface area contributed by atoms with Gasteiger partial charge in [-0.25, -0.2) is 0 Å². The fourth-order valence-electron chi connectivity index (χ4n) is 1.20. The first-order valence-electron chi connectivity index (χ1n) is 5.66. The number of nitrogens with one attached hydrogen (secondary N) is 1. The van der Waals surface area contributed by atoms with Crippen LogP contribution in [0, 0.1) is 0 Å². The zero-order valence-electron chi connectivity index (χ0n) is 10.2. The molecule has 0 aromatic carbocycles. The van der Waals surface area contributed by atoms with E-state index < -0.39 is 0 Å². The van der Waals surface area contributed by atoms with E-state index in [0.717, 1.165) is 0 Å². The molecule has 3 amide bonds. The van der Waals surface area contributed by atoms with Crippen LogP contribution in [0.25, 0.3) is 0 Å². The standard InChI is InChI=1S/C11H20N2O3/c1-4-9(14)12-7-8-13(10(15)5-2)11(16)6-3/h4-8H2,1-3H3,(H,12,14). The fourth-order valence-corrected chi connectivity index (χ4v) is 1.20. The van der Waals surface area contributed by atoms with E-state index in [1.807, 2.05) is 0 Å². The molecule has 0 unspecified atom stereocenters. The Balaban J connectivity index is 4.18. The number of hydrogen-bond donors (Lipinski definition) is 1. The molecule has 0 rings (SSSR count). The summed E-state index contributed by atoms with van der Waals surface area (Å²) in [5, 5.41) is 2.64. The van der Waals surface area contributed by atoms with E-state index in [-0.39, 0.29) is 24.3 Å². The van der Waals surface area contributed by atoms with Gasteiger partial charge in [-0.3, -0.25) is 19.3 Å². The van der Waals surface area contributed by atoms with Gasteiger partial charge in [0.15, 0.2) is 0 Å². The van der Waals surface area contributed by atoms with Crippen LogP contribution < -0.4 is 5.32 Å². The Morgan fingerprint density at radius 3 is 1.81 bits per heavy atom. The molecule has 92 valence electrons. The Kier molecular flexibility index (Phi) is 7.16. The molecule has 0 saturated carbocycles. The smallest absolute Gasteiger partial charge is 0.228 e. The Labute approximate surface area is 96.2 Å². The summed E-state index contributed by atoms with van der Waals surface area (Å²) in [6.07, 6.45) is 1.00. The fraction of sp³-hybridized carbons (Fsp3) is 0.727. The van der Waals surface area contributed by atoms with Crippen molar-refractivity contribution in [2.45, 2.75) is 40.0 Å². The number of hydrogen-bond acceptors (Lipinski definition) is 3. The highest BCUT2D eigenvalue weighted by atomic mass is 16.2. The lowest BCUT2D eigenvalue weighted by molar-refractivity contribution is -0.144. The highest BCUT2D eigenvalue weighted by molar-refractivity contribution is 5.95. The van der Waals surface area contributed by atoms with Gasteiger partial charge in [0.1, 0.15) is 0 Å². The molecule has 1 N–H and O–H groups in total. The maximum Gasteiger partial charge on any atom is 0.228 e. The predicted octanol–water partition coefficient (Wildman–Crippen LogP) is 0.688. The maximum absolute atomic E-state index is 11.4. The summed E-state index contributed by atoms with van der Waals surface area (Å²) in [5.41, 5.74) is 0. The SMILES string of the molecule is CCC(=O)NCCN(C(=O)CC)C(=O)CC. The normalized spacial score (nSPS) is 9.69. The topological polar surface area (TPSA) is 66.5 Å². The molecular formula is C11H20N2O3. The van der Waals surface area contributed by atoms with Crippen LogP contribution in [-0.2, 0) is 14.4 Å². The molecule has 0 fully saturated rings. The largest absolute Gasteiger partial charge is 0.354 e. The third-order valence-corrected chi connectivity index (χ3v) is 2.19. The van der Waals surface area contributed by atoms with Crippen molar-refractivity contribution in [3.8, 4) is 0 Å². The molecule has 0 radical (unpaired) electrons. The van der Waals surface area contributed by atoms with Crippen LogP contribution in [0.1, 0.15) is 40.0 Å². The van der Waals surface area contributed by atoms with Crippen molar-refractivity contribution in [2.24, 2.45) is 0 Å². The molecule has 5 heteroatoms. The van der Waals surface area contributed by atoms with E-state index in [2.05, 4.69) is 5.32 Å². The van der Waals surface area contributed by atoms with Gasteiger partial charge in [0.05, 0.1) is 0 Å². The number of amides is 3. The quantitative estimate of drug-likeness (QED) is 0.727. The average Bonchev–Trinajstić information content (AvgIpc) is 2.32. The molecule has 0 aliphatic carbocycles. The Morgan fingerprint density at radius 2 is 1.44 bits per heavy atom. The minimum absolute atomic E-state index is 0.0761. The molecule has 0 heterocycles. The van der Waals surface area contributed by atoms with Gasteiger partial charge in [0, 0.05) is 32.4 Å². The molecule has 0 bridgehead atoms. The number of carbonyl (C=O) groups excluding carboxylic acids is 3. The number of nitrogens with zero attached hydrogens (tertiary/aromatic N) is 1. The molecule has 0 saturated heterocycles. The summed E-state index contributed by atoms with van der Waals surface area (Å²) in [4.78, 5) is 35.1. The molecule has 0 atom stereocenters. The van der Waals surface area contributed by atoms with Crippen LogP contribution in [0.5, 0.6) is 0 Å². The summed E-state index contributed by atoms with van der Waals surface area (Å²) in [7, 11) is 0. The van der Waals surface area contributed by atoms with Crippen molar-refractivity contribution in [2.75, 3.05) is 13.1 Å². The van der Waals surface area contributed by atoms with E-state index in [9.17, 15) is 14.4 Å². The third kappa shape index (κ3) is 4.91. The Morgan fingerprint density at radius 1 is 0.938 bits per heavy atom. The Hall–Kier alpha value is -1.39. The first-order valence-corrected chi connectivity index (χ1v) is 5.66. The van der Waals surface area contributed by atoms with Gasteiger partial charge in [-0.05, 0) is 0 Å². The third-order valence-electron chi connectivity index (χ3n) is 2.19. The van der Waals surface area contributed by atoms with Gasteiger partial charge in [-0.2, -0.15) is 0 Å². The van der Waals surface area contributed by atoms with Crippen LogP contribution in [0.3, 0.4) is 0 Å². The molecule has 0 aromatic heterocycles. The first-order chi connectivity index (χ1) is 7.56. The van der Waals surface area contributed by atoms with Crippen LogP contribution in [-0.4, -0.2) is 35.7 Å². The first kappa shape index (κ1) is 14.6. The van der Waals surface area contributed by atoms with Gasteiger partial charge in [-0.15, -0.1) is 0 Å². The zero-order valence-corrected chi connectivity index (χ0v) is 10.2. The van der Waals surface area contributed by atoms with Gasteiger partial charge in [0.2, 0.25) is 17.7 Å². The van der Waals surface area contributed by atoms with Crippen LogP contribution in [0.2, 0.25) is 0 Å². The molecule has 16 heavy (non-hydrogen) atoms. The highest BCUT2D eigenvalue weighted by Gasteiger charge is 2.17. The summed E-state index contributed by atoms with van der Waals surface area (Å²) in [5.74, 6) is -0.469. The van der Waals surface area contributed by atoms with E-state index in [0.29, 0.717) is 25.8 Å². The van der Waals surface area contributed by atoms with E-state index in [4.69, 9.17) is 0 Å². The minimum Gasteiger partial charge on any atom is -0.354 e. The van der Waals surface area contributed by atoms with Crippen LogP contribution in [0.4, 0.5) is 0 Å². The van der Waals surface area contributed by atoms with Gasteiger partial charge in [-0.1, -0.05) is 20.8 Å². The lowest BCUT2D eigenvalue weighted by Gasteiger charge is -2.19. The molecule has 0 aliphatic rings. The van der Waals surface area contributed by atoms with E-state index >= 15 is 0 Å². The molecule has 0 aliphatic heterocycles. The average molecular weight is 228 g/mol. The van der Waals surface area contributed by atoms with Crippen LogP contribution >= 0.6 is 0 Å². The molecule has 5 nitrogen and oxygen atoms in total. The zero-order chi connectivity index (χ0) is 12.6. The summed E-state index contributed by atoms with van der Waals surface area (Å²) in [6.45, 7) is 5.75. The van der Waals surface area contributed by atoms with Crippen molar-refractivity contribution < 1.29 is 14.4 Å². The van der Waals surface area contributed by atoms with E-state index in [1.54, 1.807) is 20.8 Å². The molecule has 0 aromatic rings. The second-order valence-corrected chi connectivity index (χ2v) is 3.35. The number of carbonyl (C=O) groups is 3. The summed E-state index contributed by atoms with van der Waals surface area (Å²) in [6, 6.07) is 0. The van der Waals surface area contributed by atoms with Crippen LogP contribution in [0.15, 0.2) is 0 Å². The molecular weight excluding hydrogens is 208 g/mol. The Bertz CT molecular complexity index is 248. The number of imide groups is 1. The molecule has 0 spiro atoms. The predicted molar refractivity (Wildman–Crippen MR) is 60.6 cm³/mol.